The van der Waals surface area contributed by atoms with E-state index in [1.165, 1.54) is 16.2 Å². The van der Waals surface area contributed by atoms with Gasteiger partial charge in [0.1, 0.15) is 5.00 Å². The van der Waals surface area contributed by atoms with Crippen molar-refractivity contribution in [2.75, 3.05) is 25.0 Å². The lowest BCUT2D eigenvalue weighted by molar-refractivity contribution is -0.105. The minimum Gasteiger partial charge on any atom is -0.365 e. The van der Waals surface area contributed by atoms with Crippen LogP contribution in [-0.4, -0.2) is 36.9 Å². The fourth-order valence-electron chi connectivity index (χ4n) is 2.35. The van der Waals surface area contributed by atoms with Crippen molar-refractivity contribution in [1.29, 1.82) is 0 Å². The van der Waals surface area contributed by atoms with Crippen LogP contribution in [0, 0.1) is 0 Å². The summed E-state index contributed by atoms with van der Waals surface area (Å²) in [6.45, 7) is 5.07. The third-order valence-corrected chi connectivity index (χ3v) is 4.53. The third kappa shape index (κ3) is 2.39. The van der Waals surface area contributed by atoms with Gasteiger partial charge in [0, 0.05) is 18.0 Å². The summed E-state index contributed by atoms with van der Waals surface area (Å²) >= 11 is 1.47. The van der Waals surface area contributed by atoms with Gasteiger partial charge in [0.05, 0.1) is 5.56 Å². The molecule has 3 N–H and O–H groups in total. The number of fused-ring (bicyclic) bond motifs is 1. The number of primary amides is 1. The van der Waals surface area contributed by atoms with Crippen molar-refractivity contribution in [3.8, 4) is 0 Å². The van der Waals surface area contributed by atoms with Crippen molar-refractivity contribution in [2.24, 2.45) is 5.73 Å². The first kappa shape index (κ1) is 13.0. The SMILES string of the molecule is CCN1CCc2sc(NC=O)c(C(N)=O)c2CC1. The number of anilines is 1. The molecule has 2 heterocycles. The predicted molar refractivity (Wildman–Crippen MR) is 72.0 cm³/mol. The van der Waals surface area contributed by atoms with Crippen molar-refractivity contribution < 1.29 is 9.59 Å². The number of carbonyl (C=O) groups excluding carboxylic acids is 2. The number of nitrogens with one attached hydrogen (secondary N) is 1. The molecule has 0 saturated carbocycles. The third-order valence-electron chi connectivity index (χ3n) is 3.31. The van der Waals surface area contributed by atoms with Crippen molar-refractivity contribution >= 4 is 28.7 Å². The molecule has 6 heteroatoms. The first-order valence-electron chi connectivity index (χ1n) is 6.04. The highest BCUT2D eigenvalue weighted by Crippen LogP contribution is 2.35. The standard InChI is InChI=1S/C12H17N3O2S/c1-2-15-5-3-8-9(4-6-15)18-12(14-7-16)10(8)11(13)17/h7H,2-6H2,1H3,(H2,13,17)(H,14,16). The van der Waals surface area contributed by atoms with Crippen LogP contribution >= 0.6 is 11.3 Å². The van der Waals surface area contributed by atoms with E-state index in [4.69, 9.17) is 5.73 Å². The Morgan fingerprint density at radius 2 is 2.22 bits per heavy atom. The largest absolute Gasteiger partial charge is 0.365 e. The van der Waals surface area contributed by atoms with Crippen molar-refractivity contribution in [2.45, 2.75) is 19.8 Å². The molecule has 0 spiro atoms. The number of nitrogens with two attached hydrogens (primary N) is 1. The molecule has 18 heavy (non-hydrogen) atoms. The van der Waals surface area contributed by atoms with Crippen LogP contribution in [0.15, 0.2) is 0 Å². The van der Waals surface area contributed by atoms with E-state index in [2.05, 4.69) is 17.1 Å². The van der Waals surface area contributed by atoms with Crippen LogP contribution in [0.4, 0.5) is 5.00 Å². The van der Waals surface area contributed by atoms with E-state index in [1.807, 2.05) is 0 Å². The van der Waals surface area contributed by atoms with Crippen molar-refractivity contribution in [3.05, 3.63) is 16.0 Å². The molecule has 98 valence electrons. The molecule has 1 aliphatic rings. The van der Waals surface area contributed by atoms with Gasteiger partial charge in [0.15, 0.2) is 0 Å². The number of thiophene rings is 1. The van der Waals surface area contributed by atoms with Crippen LogP contribution in [0.2, 0.25) is 0 Å². The Bertz CT molecular complexity index is 470. The van der Waals surface area contributed by atoms with E-state index in [9.17, 15) is 9.59 Å². The lowest BCUT2D eigenvalue weighted by Crippen LogP contribution is -2.26. The van der Waals surface area contributed by atoms with Gasteiger partial charge in [-0.25, -0.2) is 0 Å². The van der Waals surface area contributed by atoms with Gasteiger partial charge in [0.25, 0.3) is 5.91 Å². The van der Waals surface area contributed by atoms with Crippen LogP contribution < -0.4 is 11.1 Å². The smallest absolute Gasteiger partial charge is 0.251 e. The Kier molecular flexibility index (Phi) is 3.98. The van der Waals surface area contributed by atoms with Crippen molar-refractivity contribution in [3.63, 3.8) is 0 Å². The molecule has 0 aliphatic carbocycles. The van der Waals surface area contributed by atoms with Gasteiger partial charge >= 0.3 is 0 Å². The first-order valence-corrected chi connectivity index (χ1v) is 6.85. The summed E-state index contributed by atoms with van der Waals surface area (Å²) < 4.78 is 0. The molecular weight excluding hydrogens is 250 g/mol. The van der Waals surface area contributed by atoms with Gasteiger partial charge in [0.2, 0.25) is 6.41 Å². The molecule has 0 unspecified atom stereocenters. The Hall–Kier alpha value is -1.40. The molecule has 0 atom stereocenters. The van der Waals surface area contributed by atoms with Gasteiger partial charge in [-0.2, -0.15) is 0 Å². The van der Waals surface area contributed by atoms with E-state index < -0.39 is 5.91 Å². The highest BCUT2D eigenvalue weighted by atomic mass is 32.1. The number of hydrogen-bond acceptors (Lipinski definition) is 4. The Balaban J connectivity index is 2.37. The molecule has 1 aromatic rings. The van der Waals surface area contributed by atoms with Gasteiger partial charge in [-0.15, -0.1) is 11.3 Å². The summed E-state index contributed by atoms with van der Waals surface area (Å²) in [5.74, 6) is -0.457. The molecule has 0 bridgehead atoms. The van der Waals surface area contributed by atoms with Crippen LogP contribution in [0.3, 0.4) is 0 Å². The maximum atomic E-state index is 11.6. The Morgan fingerprint density at radius 3 is 2.83 bits per heavy atom. The molecule has 2 rings (SSSR count). The maximum Gasteiger partial charge on any atom is 0.251 e. The van der Waals surface area contributed by atoms with E-state index >= 15 is 0 Å². The molecule has 0 radical (unpaired) electrons. The Labute approximate surface area is 110 Å². The number of amides is 2. The fourth-order valence-corrected chi connectivity index (χ4v) is 3.55. The minimum atomic E-state index is -0.457. The molecule has 0 saturated heterocycles. The molecule has 0 aromatic carbocycles. The van der Waals surface area contributed by atoms with Crippen LogP contribution in [0.5, 0.6) is 0 Å². The molecule has 0 fully saturated rings. The second kappa shape index (κ2) is 5.49. The predicted octanol–water partition coefficient (Wildman–Crippen LogP) is 0.836. The molecular formula is C12H17N3O2S. The molecule has 2 amide bonds. The average Bonchev–Trinajstić information content (AvgIpc) is 2.56. The second-order valence-electron chi connectivity index (χ2n) is 4.27. The van der Waals surface area contributed by atoms with Crippen LogP contribution in [0.25, 0.3) is 0 Å². The number of rotatable bonds is 4. The zero-order valence-electron chi connectivity index (χ0n) is 10.4. The fraction of sp³-hybridized carbons (Fsp3) is 0.500. The van der Waals surface area contributed by atoms with E-state index in [-0.39, 0.29) is 0 Å². The monoisotopic (exact) mass is 267 g/mol. The highest BCUT2D eigenvalue weighted by Gasteiger charge is 2.24. The summed E-state index contributed by atoms with van der Waals surface area (Å²) in [5.41, 5.74) is 6.95. The summed E-state index contributed by atoms with van der Waals surface area (Å²) in [4.78, 5) is 25.6. The number of nitrogens with zero attached hydrogens (tertiary/aromatic N) is 1. The Morgan fingerprint density at radius 1 is 1.50 bits per heavy atom. The summed E-state index contributed by atoms with van der Waals surface area (Å²) in [6, 6.07) is 0. The number of carbonyl (C=O) groups is 2. The van der Waals surface area contributed by atoms with E-state index in [0.717, 1.165) is 38.0 Å². The molecule has 1 aromatic heterocycles. The zero-order valence-corrected chi connectivity index (χ0v) is 11.2. The van der Waals surface area contributed by atoms with E-state index in [1.54, 1.807) is 0 Å². The first-order chi connectivity index (χ1) is 8.67. The molecule has 5 nitrogen and oxygen atoms in total. The van der Waals surface area contributed by atoms with Gasteiger partial charge in [-0.05, 0) is 24.9 Å². The number of likely N-dealkylation sites (N-methyl/N-ethyl adjacent to an activating group) is 1. The minimum absolute atomic E-state index is 0.457. The summed E-state index contributed by atoms with van der Waals surface area (Å²) in [5, 5.41) is 3.17. The topological polar surface area (TPSA) is 75.4 Å². The molecule has 1 aliphatic heterocycles. The zero-order chi connectivity index (χ0) is 13.1. The van der Waals surface area contributed by atoms with Gasteiger partial charge in [-0.1, -0.05) is 6.92 Å². The number of hydrogen-bond donors (Lipinski definition) is 2. The second-order valence-corrected chi connectivity index (χ2v) is 5.37. The van der Waals surface area contributed by atoms with Crippen LogP contribution in [-0.2, 0) is 17.6 Å². The summed E-state index contributed by atoms with van der Waals surface area (Å²) in [6.07, 6.45) is 2.32. The normalized spacial score (nSPS) is 15.8. The lowest BCUT2D eigenvalue weighted by atomic mass is 10.1. The average molecular weight is 267 g/mol. The lowest BCUT2D eigenvalue weighted by Gasteiger charge is -2.16. The maximum absolute atomic E-state index is 11.6. The van der Waals surface area contributed by atoms with Gasteiger partial charge in [-0.3, -0.25) is 9.59 Å². The highest BCUT2D eigenvalue weighted by molar-refractivity contribution is 7.16. The van der Waals surface area contributed by atoms with E-state index in [0.29, 0.717) is 17.0 Å². The summed E-state index contributed by atoms with van der Waals surface area (Å²) in [7, 11) is 0. The van der Waals surface area contributed by atoms with Gasteiger partial charge < -0.3 is 16.0 Å². The quantitative estimate of drug-likeness (QED) is 0.794. The van der Waals surface area contributed by atoms with Crippen LogP contribution in [0.1, 0.15) is 27.7 Å². The van der Waals surface area contributed by atoms with Crippen molar-refractivity contribution in [1.82, 2.24) is 4.90 Å².